The zero-order valence-electron chi connectivity index (χ0n) is 12.7. The van der Waals surface area contributed by atoms with Crippen LogP contribution in [0, 0.1) is 5.92 Å². The number of primary amides is 1. The predicted molar refractivity (Wildman–Crippen MR) is 97.1 cm³/mol. The van der Waals surface area contributed by atoms with E-state index in [0.717, 1.165) is 29.3 Å². The number of nitrogens with two attached hydrogens (primary N) is 1. The van der Waals surface area contributed by atoms with Crippen LogP contribution in [0.2, 0.25) is 0 Å². The Morgan fingerprint density at radius 3 is 3.04 bits per heavy atom. The van der Waals surface area contributed by atoms with Crippen LogP contribution in [0.5, 0.6) is 5.75 Å². The van der Waals surface area contributed by atoms with Crippen LogP contribution in [-0.2, 0) is 12.8 Å². The fraction of sp³-hybridized carbons (Fsp3) is 0.294. The number of carbonyl (C=O) groups excluding carboxylic acids is 1. The first kappa shape index (κ1) is 16.2. The van der Waals surface area contributed by atoms with Gasteiger partial charge >= 0.3 is 0 Å². The molecule has 3 N–H and O–H groups in total. The van der Waals surface area contributed by atoms with Gasteiger partial charge in [0.15, 0.2) is 0 Å². The summed E-state index contributed by atoms with van der Waals surface area (Å²) >= 11 is 4.90. The van der Waals surface area contributed by atoms with Crippen LogP contribution < -0.4 is 5.73 Å². The molecular formula is C17H17BrN2O2S. The third kappa shape index (κ3) is 3.33. The number of halogens is 1. The molecule has 0 saturated carbocycles. The summed E-state index contributed by atoms with van der Waals surface area (Å²) < 4.78 is 0.853. The number of aromatic hydroxyl groups is 1. The molecule has 1 amide bonds. The lowest BCUT2D eigenvalue weighted by Crippen LogP contribution is -2.16. The molecular weight excluding hydrogens is 376 g/mol. The molecule has 1 aliphatic carbocycles. The lowest BCUT2D eigenvalue weighted by atomic mass is 9.88. The molecule has 1 aliphatic rings. The first-order chi connectivity index (χ1) is 11.0. The SMILES string of the molecule is C[C@H]1CCc2c(sc(/N=C/c3cc(Br)ccc3O)c2C(N)=O)C1. The zero-order valence-corrected chi connectivity index (χ0v) is 15.1. The standard InChI is InChI=1S/C17H17BrN2O2S/c1-9-2-4-12-14(6-9)23-17(15(12)16(19)22)20-8-10-7-11(18)3-5-13(10)21/h3,5,7-9,21H,2,4,6H2,1H3,(H2,19,22)/b20-8+/t9-/m0/s1. The minimum absolute atomic E-state index is 0.146. The van der Waals surface area contributed by atoms with E-state index >= 15 is 0 Å². The second kappa shape index (κ2) is 6.45. The number of nitrogens with zero attached hydrogens (tertiary/aromatic N) is 1. The van der Waals surface area contributed by atoms with E-state index in [-0.39, 0.29) is 5.75 Å². The summed E-state index contributed by atoms with van der Waals surface area (Å²) in [7, 11) is 0. The van der Waals surface area contributed by atoms with Gasteiger partial charge in [0, 0.05) is 21.1 Å². The lowest BCUT2D eigenvalue weighted by molar-refractivity contribution is 0.1000. The fourth-order valence-corrected chi connectivity index (χ4v) is 4.58. The maximum Gasteiger partial charge on any atom is 0.252 e. The van der Waals surface area contributed by atoms with Crippen molar-refractivity contribution in [1.29, 1.82) is 0 Å². The van der Waals surface area contributed by atoms with Crippen molar-refractivity contribution < 1.29 is 9.90 Å². The van der Waals surface area contributed by atoms with Crippen molar-refractivity contribution in [2.45, 2.75) is 26.2 Å². The van der Waals surface area contributed by atoms with E-state index in [1.54, 1.807) is 24.4 Å². The molecule has 3 rings (SSSR count). The largest absolute Gasteiger partial charge is 0.507 e. The topological polar surface area (TPSA) is 75.7 Å². The monoisotopic (exact) mass is 392 g/mol. The van der Waals surface area contributed by atoms with Crippen LogP contribution in [-0.4, -0.2) is 17.2 Å². The summed E-state index contributed by atoms with van der Waals surface area (Å²) in [4.78, 5) is 17.5. The summed E-state index contributed by atoms with van der Waals surface area (Å²) in [5.74, 6) is 0.336. The second-order valence-corrected chi connectivity index (χ2v) is 7.86. The van der Waals surface area contributed by atoms with E-state index in [1.807, 2.05) is 0 Å². The normalized spacial score (nSPS) is 17.4. The quantitative estimate of drug-likeness (QED) is 0.768. The third-order valence-corrected chi connectivity index (χ3v) is 5.71. The molecule has 0 bridgehead atoms. The Morgan fingerprint density at radius 2 is 2.30 bits per heavy atom. The van der Waals surface area contributed by atoms with Crippen LogP contribution in [0.1, 0.15) is 39.7 Å². The smallest absolute Gasteiger partial charge is 0.252 e. The number of fused-ring (bicyclic) bond motifs is 1. The number of aliphatic imine (C=N–C) groups is 1. The highest BCUT2D eigenvalue weighted by Crippen LogP contribution is 2.41. The van der Waals surface area contributed by atoms with E-state index in [4.69, 9.17) is 5.73 Å². The third-order valence-electron chi connectivity index (χ3n) is 4.05. The van der Waals surface area contributed by atoms with Gasteiger partial charge in [-0.15, -0.1) is 11.3 Å². The molecule has 0 aliphatic heterocycles. The zero-order chi connectivity index (χ0) is 16.6. The Labute approximate surface area is 147 Å². The molecule has 120 valence electrons. The highest BCUT2D eigenvalue weighted by molar-refractivity contribution is 9.10. The molecule has 2 aromatic rings. The maximum atomic E-state index is 11.9. The van der Waals surface area contributed by atoms with Gasteiger partial charge in [-0.1, -0.05) is 22.9 Å². The molecule has 1 aromatic heterocycles. The Hall–Kier alpha value is -1.66. The number of thiophene rings is 1. The second-order valence-electron chi connectivity index (χ2n) is 5.86. The van der Waals surface area contributed by atoms with E-state index in [1.165, 1.54) is 16.2 Å². The molecule has 0 unspecified atom stereocenters. The van der Waals surface area contributed by atoms with E-state index < -0.39 is 5.91 Å². The summed E-state index contributed by atoms with van der Waals surface area (Å²) in [6, 6.07) is 5.13. The van der Waals surface area contributed by atoms with Crippen LogP contribution in [0.3, 0.4) is 0 Å². The molecule has 0 spiro atoms. The number of hydrogen-bond acceptors (Lipinski definition) is 4. The van der Waals surface area contributed by atoms with Gasteiger partial charge in [0.2, 0.25) is 0 Å². The number of carbonyl (C=O) groups is 1. The first-order valence-corrected chi connectivity index (χ1v) is 9.03. The highest BCUT2D eigenvalue weighted by Gasteiger charge is 2.26. The van der Waals surface area contributed by atoms with Gasteiger partial charge in [0.25, 0.3) is 5.91 Å². The van der Waals surface area contributed by atoms with E-state index in [9.17, 15) is 9.90 Å². The summed E-state index contributed by atoms with van der Waals surface area (Å²) in [6.07, 6.45) is 4.49. The van der Waals surface area contributed by atoms with Crippen molar-refractivity contribution in [2.24, 2.45) is 16.6 Å². The van der Waals surface area contributed by atoms with Crippen molar-refractivity contribution in [1.82, 2.24) is 0 Å². The predicted octanol–water partition coefficient (Wildman–Crippen LogP) is 4.19. The van der Waals surface area contributed by atoms with E-state index in [2.05, 4.69) is 27.8 Å². The first-order valence-electron chi connectivity index (χ1n) is 7.42. The van der Waals surface area contributed by atoms with Gasteiger partial charge < -0.3 is 10.8 Å². The molecule has 1 heterocycles. The summed E-state index contributed by atoms with van der Waals surface area (Å²) in [5, 5.41) is 10.5. The Kier molecular flexibility index (Phi) is 4.55. The van der Waals surface area contributed by atoms with Crippen LogP contribution in [0.25, 0.3) is 0 Å². The minimum Gasteiger partial charge on any atom is -0.507 e. The number of amides is 1. The van der Waals surface area contributed by atoms with Gasteiger partial charge in [0.1, 0.15) is 10.8 Å². The summed E-state index contributed by atoms with van der Waals surface area (Å²) in [5.41, 5.74) is 7.78. The van der Waals surface area contributed by atoms with Crippen LogP contribution >= 0.6 is 27.3 Å². The van der Waals surface area contributed by atoms with Gasteiger partial charge in [-0.2, -0.15) is 0 Å². The van der Waals surface area contributed by atoms with Crippen LogP contribution in [0.4, 0.5) is 5.00 Å². The number of phenolic OH excluding ortho intramolecular Hbond substituents is 1. The van der Waals surface area contributed by atoms with Gasteiger partial charge in [0.05, 0.1) is 5.56 Å². The molecule has 4 nitrogen and oxygen atoms in total. The Bertz CT molecular complexity index is 798. The van der Waals surface area contributed by atoms with Gasteiger partial charge in [-0.25, -0.2) is 4.99 Å². The number of phenols is 1. The molecule has 1 atom stereocenters. The molecule has 23 heavy (non-hydrogen) atoms. The lowest BCUT2D eigenvalue weighted by Gasteiger charge is -2.18. The Morgan fingerprint density at radius 1 is 1.52 bits per heavy atom. The van der Waals surface area contributed by atoms with Crippen molar-refractivity contribution in [3.8, 4) is 5.75 Å². The number of rotatable bonds is 3. The van der Waals surface area contributed by atoms with E-state index in [0.29, 0.717) is 22.0 Å². The van der Waals surface area contributed by atoms with Crippen molar-refractivity contribution in [3.05, 3.63) is 44.2 Å². The molecule has 0 saturated heterocycles. The fourth-order valence-electron chi connectivity index (χ4n) is 2.84. The van der Waals surface area contributed by atoms with Gasteiger partial charge in [-0.05, 0) is 48.9 Å². The van der Waals surface area contributed by atoms with Gasteiger partial charge in [-0.3, -0.25) is 4.79 Å². The average Bonchev–Trinajstić information content (AvgIpc) is 2.85. The highest BCUT2D eigenvalue weighted by atomic mass is 79.9. The molecule has 1 aromatic carbocycles. The van der Waals surface area contributed by atoms with Crippen LogP contribution in [0.15, 0.2) is 27.7 Å². The maximum absolute atomic E-state index is 11.9. The Balaban J connectivity index is 2.01. The minimum atomic E-state index is -0.428. The molecule has 0 fully saturated rings. The summed E-state index contributed by atoms with van der Waals surface area (Å²) in [6.45, 7) is 2.22. The number of hydrogen-bond donors (Lipinski definition) is 2. The average molecular weight is 393 g/mol. The van der Waals surface area contributed by atoms with Crippen molar-refractivity contribution in [3.63, 3.8) is 0 Å². The number of benzene rings is 1. The van der Waals surface area contributed by atoms with Crippen molar-refractivity contribution in [2.75, 3.05) is 0 Å². The van der Waals surface area contributed by atoms with Crippen molar-refractivity contribution >= 4 is 44.4 Å². The molecule has 0 radical (unpaired) electrons. The molecule has 6 heteroatoms.